The maximum Gasteiger partial charge on any atom is 0.319 e. The van der Waals surface area contributed by atoms with Crippen molar-refractivity contribution < 1.29 is 4.79 Å². The van der Waals surface area contributed by atoms with Gasteiger partial charge in [-0.1, -0.05) is 4.49 Å². The molecule has 0 bridgehead atoms. The van der Waals surface area contributed by atoms with Crippen LogP contribution in [0.5, 0.6) is 0 Å². The van der Waals surface area contributed by atoms with Crippen molar-refractivity contribution in [2.75, 3.05) is 23.9 Å². The molecule has 0 aliphatic heterocycles. The first-order valence-electron chi connectivity index (χ1n) is 3.64. The third kappa shape index (κ3) is 4.09. The molecule has 0 saturated heterocycles. The SMILES string of the molecule is CSCCNC(=O)Nc1cnns1. The van der Waals surface area contributed by atoms with E-state index in [4.69, 9.17) is 0 Å². The monoisotopic (exact) mass is 218 g/mol. The van der Waals surface area contributed by atoms with Crippen LogP contribution in [-0.2, 0) is 0 Å². The summed E-state index contributed by atoms with van der Waals surface area (Å²) in [4.78, 5) is 11.1. The van der Waals surface area contributed by atoms with Gasteiger partial charge in [0.2, 0.25) is 0 Å². The quantitative estimate of drug-likeness (QED) is 0.740. The standard InChI is InChI=1S/C6H10N4OS2/c1-12-3-2-7-6(11)9-5-4-8-10-13-5/h4H,2-3H2,1H3,(H2,7,9,11). The van der Waals surface area contributed by atoms with Gasteiger partial charge in [0, 0.05) is 23.8 Å². The Bertz CT molecular complexity index is 251. The highest BCUT2D eigenvalue weighted by molar-refractivity contribution is 7.98. The Balaban J connectivity index is 2.18. The molecule has 7 heteroatoms. The van der Waals surface area contributed by atoms with E-state index in [0.29, 0.717) is 11.5 Å². The van der Waals surface area contributed by atoms with E-state index in [-0.39, 0.29) is 6.03 Å². The minimum atomic E-state index is -0.208. The molecule has 0 atom stereocenters. The van der Waals surface area contributed by atoms with Crippen LogP contribution >= 0.6 is 23.3 Å². The molecule has 0 saturated carbocycles. The molecule has 1 aromatic rings. The number of aromatic nitrogens is 2. The fourth-order valence-electron chi connectivity index (χ4n) is 0.645. The molecule has 0 fully saturated rings. The van der Waals surface area contributed by atoms with Crippen molar-refractivity contribution in [3.8, 4) is 0 Å². The number of thioether (sulfide) groups is 1. The van der Waals surface area contributed by atoms with Gasteiger partial charge >= 0.3 is 6.03 Å². The number of anilines is 1. The number of urea groups is 1. The van der Waals surface area contributed by atoms with Crippen molar-refractivity contribution in [1.82, 2.24) is 14.9 Å². The summed E-state index contributed by atoms with van der Waals surface area (Å²) < 4.78 is 3.62. The minimum absolute atomic E-state index is 0.208. The summed E-state index contributed by atoms with van der Waals surface area (Å²) in [7, 11) is 0. The third-order valence-corrected chi connectivity index (χ3v) is 2.38. The van der Waals surface area contributed by atoms with Crippen molar-refractivity contribution in [1.29, 1.82) is 0 Å². The number of carbonyl (C=O) groups is 1. The first kappa shape index (κ1) is 10.3. The molecular formula is C6H10N4OS2. The zero-order valence-corrected chi connectivity index (χ0v) is 8.74. The molecule has 0 unspecified atom stereocenters. The van der Waals surface area contributed by atoms with Gasteiger partial charge in [-0.2, -0.15) is 11.8 Å². The normalized spacial score (nSPS) is 9.62. The highest BCUT2D eigenvalue weighted by atomic mass is 32.2. The Morgan fingerprint density at radius 1 is 1.77 bits per heavy atom. The number of nitrogens with one attached hydrogen (secondary N) is 2. The Morgan fingerprint density at radius 3 is 3.23 bits per heavy atom. The second-order valence-corrected chi connectivity index (χ2v) is 3.93. The van der Waals surface area contributed by atoms with Crippen LogP contribution in [-0.4, -0.2) is 34.2 Å². The van der Waals surface area contributed by atoms with E-state index in [1.807, 2.05) is 6.26 Å². The van der Waals surface area contributed by atoms with E-state index in [2.05, 4.69) is 20.2 Å². The van der Waals surface area contributed by atoms with Gasteiger partial charge < -0.3 is 5.32 Å². The molecular weight excluding hydrogens is 208 g/mol. The fraction of sp³-hybridized carbons (Fsp3) is 0.500. The maximum atomic E-state index is 11.1. The predicted molar refractivity (Wildman–Crippen MR) is 55.3 cm³/mol. The first-order valence-corrected chi connectivity index (χ1v) is 5.81. The summed E-state index contributed by atoms with van der Waals surface area (Å²) in [6.45, 7) is 0.666. The highest BCUT2D eigenvalue weighted by Gasteiger charge is 2.01. The summed E-state index contributed by atoms with van der Waals surface area (Å²) >= 11 is 2.84. The average molecular weight is 218 g/mol. The lowest BCUT2D eigenvalue weighted by molar-refractivity contribution is 0.252. The Labute approximate surface area is 84.5 Å². The van der Waals surface area contributed by atoms with E-state index in [0.717, 1.165) is 17.3 Å². The lowest BCUT2D eigenvalue weighted by atomic mass is 10.7. The molecule has 0 aliphatic carbocycles. The van der Waals surface area contributed by atoms with Crippen LogP contribution in [0.15, 0.2) is 6.20 Å². The molecule has 2 N–H and O–H groups in total. The molecule has 0 aromatic carbocycles. The van der Waals surface area contributed by atoms with Crippen LogP contribution in [0.4, 0.5) is 9.80 Å². The van der Waals surface area contributed by atoms with Crippen LogP contribution in [0.25, 0.3) is 0 Å². The molecule has 5 nitrogen and oxygen atoms in total. The molecule has 72 valence electrons. The first-order chi connectivity index (χ1) is 6.33. The summed E-state index contributed by atoms with van der Waals surface area (Å²) in [6.07, 6.45) is 3.51. The number of nitrogens with zero attached hydrogens (tertiary/aromatic N) is 2. The molecule has 1 heterocycles. The molecule has 13 heavy (non-hydrogen) atoms. The van der Waals surface area contributed by atoms with E-state index in [1.54, 1.807) is 11.8 Å². The second kappa shape index (κ2) is 5.76. The van der Waals surface area contributed by atoms with E-state index in [9.17, 15) is 4.79 Å². The number of amides is 2. The summed E-state index contributed by atoms with van der Waals surface area (Å²) in [5.74, 6) is 0.911. The van der Waals surface area contributed by atoms with Crippen LogP contribution < -0.4 is 10.6 Å². The number of hydrogen-bond acceptors (Lipinski definition) is 5. The minimum Gasteiger partial charge on any atom is -0.337 e. The molecule has 0 spiro atoms. The van der Waals surface area contributed by atoms with Gasteiger partial charge in [0.1, 0.15) is 5.00 Å². The van der Waals surface area contributed by atoms with E-state index in [1.165, 1.54) is 6.20 Å². The van der Waals surface area contributed by atoms with Crippen LogP contribution in [0.3, 0.4) is 0 Å². The zero-order chi connectivity index (χ0) is 9.52. The Morgan fingerprint density at radius 2 is 2.62 bits per heavy atom. The van der Waals surface area contributed by atoms with Crippen molar-refractivity contribution in [3.05, 3.63) is 6.20 Å². The zero-order valence-electron chi connectivity index (χ0n) is 7.11. The largest absolute Gasteiger partial charge is 0.337 e. The third-order valence-electron chi connectivity index (χ3n) is 1.19. The van der Waals surface area contributed by atoms with Gasteiger partial charge in [-0.15, -0.1) is 5.10 Å². The summed E-state index contributed by atoms with van der Waals surface area (Å²) in [5, 5.41) is 9.57. The van der Waals surface area contributed by atoms with Crippen LogP contribution in [0, 0.1) is 0 Å². The van der Waals surface area contributed by atoms with Crippen molar-refractivity contribution in [2.45, 2.75) is 0 Å². The fourth-order valence-corrected chi connectivity index (χ4v) is 1.37. The predicted octanol–water partition coefficient (Wildman–Crippen LogP) is 1.02. The Kier molecular flexibility index (Phi) is 4.55. The van der Waals surface area contributed by atoms with Crippen molar-refractivity contribution >= 4 is 34.3 Å². The van der Waals surface area contributed by atoms with Crippen LogP contribution in [0.2, 0.25) is 0 Å². The Hall–Kier alpha value is -0.820. The molecule has 1 aromatic heterocycles. The molecule has 0 radical (unpaired) electrons. The highest BCUT2D eigenvalue weighted by Crippen LogP contribution is 2.07. The number of rotatable bonds is 4. The average Bonchev–Trinajstić information content (AvgIpc) is 2.57. The van der Waals surface area contributed by atoms with Gasteiger partial charge in [0.25, 0.3) is 0 Å². The summed E-state index contributed by atoms with van der Waals surface area (Å²) in [5.41, 5.74) is 0. The van der Waals surface area contributed by atoms with Crippen molar-refractivity contribution in [2.24, 2.45) is 0 Å². The van der Waals surface area contributed by atoms with Gasteiger partial charge in [-0.05, 0) is 6.26 Å². The van der Waals surface area contributed by atoms with Gasteiger partial charge in [0.05, 0.1) is 6.20 Å². The maximum absolute atomic E-state index is 11.1. The summed E-state index contributed by atoms with van der Waals surface area (Å²) in [6, 6.07) is -0.208. The van der Waals surface area contributed by atoms with Crippen molar-refractivity contribution in [3.63, 3.8) is 0 Å². The van der Waals surface area contributed by atoms with Gasteiger partial charge in [0.15, 0.2) is 0 Å². The van der Waals surface area contributed by atoms with Crippen LogP contribution in [0.1, 0.15) is 0 Å². The molecule has 2 amide bonds. The van der Waals surface area contributed by atoms with E-state index >= 15 is 0 Å². The second-order valence-electron chi connectivity index (χ2n) is 2.16. The van der Waals surface area contributed by atoms with E-state index < -0.39 is 0 Å². The lowest BCUT2D eigenvalue weighted by Crippen LogP contribution is -2.30. The van der Waals surface area contributed by atoms with Gasteiger partial charge in [-0.3, -0.25) is 5.32 Å². The lowest BCUT2D eigenvalue weighted by Gasteiger charge is -2.03. The number of carbonyl (C=O) groups excluding carboxylic acids is 1. The smallest absolute Gasteiger partial charge is 0.319 e. The molecule has 1 rings (SSSR count). The molecule has 0 aliphatic rings. The number of hydrogen-bond donors (Lipinski definition) is 2. The topological polar surface area (TPSA) is 66.9 Å². The van der Waals surface area contributed by atoms with Gasteiger partial charge in [-0.25, -0.2) is 4.79 Å².